The van der Waals surface area contributed by atoms with E-state index in [9.17, 15) is 0 Å². The molecule has 19 heavy (non-hydrogen) atoms. The van der Waals surface area contributed by atoms with Crippen LogP contribution in [0.3, 0.4) is 0 Å². The van der Waals surface area contributed by atoms with Gasteiger partial charge in [0.1, 0.15) is 0 Å². The predicted molar refractivity (Wildman–Crippen MR) is 85.2 cm³/mol. The number of hydrogen-bond acceptors (Lipinski definition) is 0. The molecule has 2 rings (SSSR count). The summed E-state index contributed by atoms with van der Waals surface area (Å²) in [5.74, 6) is 0.855. The van der Waals surface area contributed by atoms with E-state index in [-0.39, 0.29) is 0 Å². The first kappa shape index (κ1) is 14.6. The van der Waals surface area contributed by atoms with Gasteiger partial charge in [-0.15, -0.1) is 0 Å². The summed E-state index contributed by atoms with van der Waals surface area (Å²) in [4.78, 5) is 0. The van der Waals surface area contributed by atoms with Crippen LogP contribution in [0.1, 0.15) is 72.1 Å². The molecule has 0 N–H and O–H groups in total. The van der Waals surface area contributed by atoms with Crippen LogP contribution in [0.25, 0.3) is 0 Å². The Labute approximate surface area is 119 Å². The van der Waals surface area contributed by atoms with Crippen molar-refractivity contribution in [2.75, 3.05) is 0 Å². The molecule has 0 aromatic carbocycles. The Kier molecular flexibility index (Phi) is 4.71. The van der Waals surface area contributed by atoms with E-state index in [1.807, 2.05) is 0 Å². The molecule has 1 atom stereocenters. The summed E-state index contributed by atoms with van der Waals surface area (Å²) >= 11 is 0. The molecule has 0 fully saturated rings. The standard InChI is InChI=1S/C19H30/c1-15-7-5-8-16(2)12-14-18-10-6-9-17(13-11-15)19(18,3)4/h8,10,17H,1,5-7,9,11-14H2,2-4H3/b16-8+/t17-/m1/s1. The van der Waals surface area contributed by atoms with Crippen molar-refractivity contribution < 1.29 is 0 Å². The Balaban J connectivity index is 2.20. The molecule has 0 amide bonds. The lowest BCUT2D eigenvalue weighted by atomic mass is 9.64. The van der Waals surface area contributed by atoms with Crippen molar-refractivity contribution in [3.05, 3.63) is 35.5 Å². The highest BCUT2D eigenvalue weighted by molar-refractivity contribution is 5.19. The second-order valence-corrected chi connectivity index (χ2v) is 7.10. The molecule has 0 unspecified atom stereocenters. The minimum atomic E-state index is 0.401. The van der Waals surface area contributed by atoms with E-state index in [2.05, 4.69) is 39.5 Å². The molecule has 0 saturated carbocycles. The quantitative estimate of drug-likeness (QED) is 0.453. The summed E-state index contributed by atoms with van der Waals surface area (Å²) in [6.45, 7) is 11.5. The van der Waals surface area contributed by atoms with E-state index >= 15 is 0 Å². The summed E-state index contributed by atoms with van der Waals surface area (Å²) in [5, 5.41) is 0. The first-order valence-electron chi connectivity index (χ1n) is 8.02. The van der Waals surface area contributed by atoms with E-state index < -0.39 is 0 Å². The highest BCUT2D eigenvalue weighted by Gasteiger charge is 2.34. The SMILES string of the molecule is C=C1CC/C=C(\C)CCC2=CCC[C@H](CC1)C2(C)C. The summed E-state index contributed by atoms with van der Waals surface area (Å²) in [7, 11) is 0. The van der Waals surface area contributed by atoms with Gasteiger partial charge in [0.05, 0.1) is 0 Å². The lowest BCUT2D eigenvalue weighted by molar-refractivity contribution is 0.213. The molecule has 106 valence electrons. The van der Waals surface area contributed by atoms with Crippen LogP contribution in [0.15, 0.2) is 35.5 Å². The lowest BCUT2D eigenvalue weighted by Crippen LogP contribution is -2.29. The van der Waals surface area contributed by atoms with Gasteiger partial charge in [0.2, 0.25) is 0 Å². The van der Waals surface area contributed by atoms with Gasteiger partial charge in [0.15, 0.2) is 0 Å². The normalized spacial score (nSPS) is 31.5. The van der Waals surface area contributed by atoms with Gasteiger partial charge in [-0.3, -0.25) is 0 Å². The highest BCUT2D eigenvalue weighted by atomic mass is 14.4. The number of fused-ring (bicyclic) bond motifs is 2. The fraction of sp³-hybridized carbons (Fsp3) is 0.684. The van der Waals surface area contributed by atoms with Crippen LogP contribution < -0.4 is 0 Å². The van der Waals surface area contributed by atoms with Crippen molar-refractivity contribution in [3.63, 3.8) is 0 Å². The molecule has 0 spiro atoms. The van der Waals surface area contributed by atoms with Crippen molar-refractivity contribution in [2.24, 2.45) is 11.3 Å². The van der Waals surface area contributed by atoms with Crippen LogP contribution >= 0.6 is 0 Å². The maximum atomic E-state index is 4.28. The van der Waals surface area contributed by atoms with Crippen LogP contribution in [-0.2, 0) is 0 Å². The van der Waals surface area contributed by atoms with Crippen LogP contribution in [0.4, 0.5) is 0 Å². The van der Waals surface area contributed by atoms with Gasteiger partial charge in [-0.1, -0.05) is 49.3 Å². The van der Waals surface area contributed by atoms with Crippen molar-refractivity contribution in [2.45, 2.75) is 72.1 Å². The Morgan fingerprint density at radius 1 is 1.00 bits per heavy atom. The zero-order valence-corrected chi connectivity index (χ0v) is 13.1. The molecule has 0 nitrogen and oxygen atoms in total. The fourth-order valence-electron chi connectivity index (χ4n) is 3.73. The molecule has 0 saturated heterocycles. The largest absolute Gasteiger partial charge is 0.0999 e. The predicted octanol–water partition coefficient (Wildman–Crippen LogP) is 6.21. The van der Waals surface area contributed by atoms with Gasteiger partial charge < -0.3 is 0 Å². The van der Waals surface area contributed by atoms with E-state index in [0.717, 1.165) is 5.92 Å². The van der Waals surface area contributed by atoms with E-state index in [4.69, 9.17) is 0 Å². The van der Waals surface area contributed by atoms with Crippen molar-refractivity contribution in [3.8, 4) is 0 Å². The molecule has 0 aromatic rings. The van der Waals surface area contributed by atoms with Crippen molar-refractivity contribution in [1.29, 1.82) is 0 Å². The zero-order valence-electron chi connectivity index (χ0n) is 13.1. The summed E-state index contributed by atoms with van der Waals surface area (Å²) < 4.78 is 0. The maximum Gasteiger partial charge on any atom is -0.0116 e. The fourth-order valence-corrected chi connectivity index (χ4v) is 3.73. The van der Waals surface area contributed by atoms with E-state index in [1.54, 1.807) is 11.1 Å². The molecule has 2 bridgehead atoms. The molecule has 2 aliphatic carbocycles. The monoisotopic (exact) mass is 258 g/mol. The zero-order chi connectivity index (χ0) is 13.9. The van der Waals surface area contributed by atoms with Crippen LogP contribution in [0.5, 0.6) is 0 Å². The number of hydrogen-bond donors (Lipinski definition) is 0. The second kappa shape index (κ2) is 6.11. The lowest BCUT2D eigenvalue weighted by Gasteiger charge is -2.41. The highest BCUT2D eigenvalue weighted by Crippen LogP contribution is 2.46. The Morgan fingerprint density at radius 2 is 1.79 bits per heavy atom. The molecule has 0 radical (unpaired) electrons. The Bertz CT molecular complexity index is 392. The summed E-state index contributed by atoms with van der Waals surface area (Å²) in [6, 6.07) is 0. The topological polar surface area (TPSA) is 0 Å². The second-order valence-electron chi connectivity index (χ2n) is 7.10. The average molecular weight is 258 g/mol. The summed E-state index contributed by atoms with van der Waals surface area (Å²) in [5.41, 5.74) is 5.13. The van der Waals surface area contributed by atoms with Gasteiger partial charge in [0, 0.05) is 0 Å². The first-order chi connectivity index (χ1) is 9.00. The first-order valence-corrected chi connectivity index (χ1v) is 8.02. The van der Waals surface area contributed by atoms with Crippen LogP contribution in [0.2, 0.25) is 0 Å². The van der Waals surface area contributed by atoms with Gasteiger partial charge in [0.25, 0.3) is 0 Å². The molecule has 2 aliphatic rings. The van der Waals surface area contributed by atoms with Gasteiger partial charge >= 0.3 is 0 Å². The third-order valence-corrected chi connectivity index (χ3v) is 5.38. The number of allylic oxidation sites excluding steroid dienone is 5. The number of rotatable bonds is 0. The van der Waals surface area contributed by atoms with E-state index in [1.165, 1.54) is 56.9 Å². The molecular weight excluding hydrogens is 228 g/mol. The molecular formula is C19H30. The van der Waals surface area contributed by atoms with Crippen LogP contribution in [-0.4, -0.2) is 0 Å². The molecule has 0 aliphatic heterocycles. The van der Waals surface area contributed by atoms with Gasteiger partial charge in [-0.25, -0.2) is 0 Å². The molecule has 0 aromatic heterocycles. The molecule has 0 heteroatoms. The Morgan fingerprint density at radius 3 is 2.58 bits per heavy atom. The minimum Gasteiger partial charge on any atom is -0.0999 e. The third kappa shape index (κ3) is 3.61. The van der Waals surface area contributed by atoms with Gasteiger partial charge in [-0.05, 0) is 69.6 Å². The van der Waals surface area contributed by atoms with Crippen molar-refractivity contribution >= 4 is 0 Å². The van der Waals surface area contributed by atoms with Gasteiger partial charge in [-0.2, -0.15) is 0 Å². The van der Waals surface area contributed by atoms with Crippen LogP contribution in [0, 0.1) is 11.3 Å². The average Bonchev–Trinajstić information content (AvgIpc) is 2.34. The summed E-state index contributed by atoms with van der Waals surface area (Å²) in [6.07, 6.45) is 15.1. The van der Waals surface area contributed by atoms with E-state index in [0.29, 0.717) is 5.41 Å². The maximum absolute atomic E-state index is 4.28. The molecule has 0 heterocycles. The minimum absolute atomic E-state index is 0.401. The van der Waals surface area contributed by atoms with Crippen molar-refractivity contribution in [1.82, 2.24) is 0 Å². The third-order valence-electron chi connectivity index (χ3n) is 5.38. The smallest absolute Gasteiger partial charge is 0.0116 e. The Hall–Kier alpha value is -0.780.